The van der Waals surface area contributed by atoms with Crippen molar-refractivity contribution in [3.05, 3.63) is 0 Å². The van der Waals surface area contributed by atoms with E-state index in [0.29, 0.717) is 0 Å². The fourth-order valence-electron chi connectivity index (χ4n) is 2.13. The SMILES string of the molecule is CC(C)(CO)CN1CCCC(C)(O)CC1. The van der Waals surface area contributed by atoms with Crippen molar-refractivity contribution in [2.24, 2.45) is 5.41 Å². The van der Waals surface area contributed by atoms with E-state index in [2.05, 4.69) is 18.7 Å². The van der Waals surface area contributed by atoms with Gasteiger partial charge in [0.2, 0.25) is 0 Å². The molecule has 1 saturated heterocycles. The molecule has 3 nitrogen and oxygen atoms in total. The maximum atomic E-state index is 9.95. The summed E-state index contributed by atoms with van der Waals surface area (Å²) in [5, 5.41) is 19.2. The van der Waals surface area contributed by atoms with Gasteiger partial charge in [0.1, 0.15) is 0 Å². The Morgan fingerprint density at radius 3 is 2.53 bits per heavy atom. The van der Waals surface area contributed by atoms with E-state index in [9.17, 15) is 10.2 Å². The van der Waals surface area contributed by atoms with Crippen molar-refractivity contribution >= 4 is 0 Å². The smallest absolute Gasteiger partial charge is 0.0632 e. The minimum absolute atomic E-state index is 0.0316. The van der Waals surface area contributed by atoms with E-state index in [1.807, 2.05) is 6.92 Å². The Labute approximate surface area is 93.1 Å². The van der Waals surface area contributed by atoms with Gasteiger partial charge in [-0.2, -0.15) is 0 Å². The molecule has 15 heavy (non-hydrogen) atoms. The molecule has 1 aliphatic heterocycles. The number of aliphatic hydroxyl groups is 2. The zero-order chi connectivity index (χ0) is 11.5. The van der Waals surface area contributed by atoms with Crippen LogP contribution in [0.1, 0.15) is 40.0 Å². The van der Waals surface area contributed by atoms with Gasteiger partial charge in [-0.25, -0.2) is 0 Å². The zero-order valence-electron chi connectivity index (χ0n) is 10.3. The van der Waals surface area contributed by atoms with Crippen LogP contribution in [0, 0.1) is 5.41 Å². The Balaban J connectivity index is 2.45. The van der Waals surface area contributed by atoms with Crippen molar-refractivity contribution in [3.63, 3.8) is 0 Å². The lowest BCUT2D eigenvalue weighted by atomic mass is 9.94. The first-order valence-corrected chi connectivity index (χ1v) is 5.90. The van der Waals surface area contributed by atoms with Crippen molar-refractivity contribution in [3.8, 4) is 0 Å². The second-order valence-corrected chi connectivity index (χ2v) is 5.95. The summed E-state index contributed by atoms with van der Waals surface area (Å²) in [5.74, 6) is 0. The lowest BCUT2D eigenvalue weighted by Crippen LogP contribution is -2.37. The van der Waals surface area contributed by atoms with Crippen LogP contribution in [0.2, 0.25) is 0 Å². The number of likely N-dealkylation sites (tertiary alicyclic amines) is 1. The number of nitrogens with zero attached hydrogens (tertiary/aromatic N) is 1. The molecule has 1 unspecified atom stereocenters. The normalized spacial score (nSPS) is 30.2. The van der Waals surface area contributed by atoms with Crippen LogP contribution in [0.15, 0.2) is 0 Å². The molecule has 0 aromatic rings. The van der Waals surface area contributed by atoms with Crippen LogP contribution < -0.4 is 0 Å². The maximum Gasteiger partial charge on any atom is 0.0632 e. The molecule has 1 atom stereocenters. The Bertz CT molecular complexity index is 202. The number of hydrogen-bond acceptors (Lipinski definition) is 3. The Morgan fingerprint density at radius 2 is 1.93 bits per heavy atom. The summed E-state index contributed by atoms with van der Waals surface area (Å²) in [7, 11) is 0. The molecule has 0 aromatic heterocycles. The van der Waals surface area contributed by atoms with E-state index in [1.165, 1.54) is 0 Å². The van der Waals surface area contributed by atoms with Crippen molar-refractivity contribution < 1.29 is 10.2 Å². The van der Waals surface area contributed by atoms with Gasteiger partial charge in [-0.1, -0.05) is 13.8 Å². The van der Waals surface area contributed by atoms with Crippen molar-refractivity contribution in [2.75, 3.05) is 26.2 Å². The van der Waals surface area contributed by atoms with Gasteiger partial charge in [0.05, 0.1) is 5.60 Å². The molecule has 1 aliphatic rings. The lowest BCUT2D eigenvalue weighted by molar-refractivity contribution is 0.0416. The molecule has 0 amide bonds. The highest BCUT2D eigenvalue weighted by atomic mass is 16.3. The van der Waals surface area contributed by atoms with E-state index in [4.69, 9.17) is 0 Å². The third-order valence-corrected chi connectivity index (χ3v) is 3.24. The molecule has 2 N–H and O–H groups in total. The molecule has 0 aromatic carbocycles. The van der Waals surface area contributed by atoms with E-state index < -0.39 is 5.60 Å². The summed E-state index contributed by atoms with van der Waals surface area (Å²) in [6.07, 6.45) is 2.78. The number of aliphatic hydroxyl groups excluding tert-OH is 1. The van der Waals surface area contributed by atoms with Gasteiger partial charge in [0, 0.05) is 25.1 Å². The quantitative estimate of drug-likeness (QED) is 0.744. The summed E-state index contributed by atoms with van der Waals surface area (Å²) in [6.45, 7) is 9.20. The summed E-state index contributed by atoms with van der Waals surface area (Å²) in [4.78, 5) is 2.36. The van der Waals surface area contributed by atoms with Crippen LogP contribution in [0.25, 0.3) is 0 Å². The van der Waals surface area contributed by atoms with Gasteiger partial charge in [-0.3, -0.25) is 0 Å². The Kier molecular flexibility index (Phi) is 4.15. The highest BCUT2D eigenvalue weighted by molar-refractivity contribution is 4.81. The average Bonchev–Trinajstić information content (AvgIpc) is 2.28. The molecule has 90 valence electrons. The topological polar surface area (TPSA) is 43.7 Å². The van der Waals surface area contributed by atoms with Crippen LogP contribution in [0.5, 0.6) is 0 Å². The first-order chi connectivity index (χ1) is 6.85. The molecule has 1 heterocycles. The molecule has 0 aliphatic carbocycles. The molecule has 1 fully saturated rings. The largest absolute Gasteiger partial charge is 0.396 e. The molecule has 0 spiro atoms. The Hall–Kier alpha value is -0.120. The first kappa shape index (κ1) is 12.9. The first-order valence-electron chi connectivity index (χ1n) is 5.90. The number of rotatable bonds is 3. The predicted octanol–water partition coefficient (Wildman–Crippen LogP) is 1.24. The Morgan fingerprint density at radius 1 is 1.27 bits per heavy atom. The summed E-state index contributed by atoms with van der Waals surface area (Å²) in [5.41, 5.74) is -0.520. The molecular formula is C12H25NO2. The summed E-state index contributed by atoms with van der Waals surface area (Å²) >= 11 is 0. The van der Waals surface area contributed by atoms with Gasteiger partial charge in [0.15, 0.2) is 0 Å². The second-order valence-electron chi connectivity index (χ2n) is 5.95. The van der Waals surface area contributed by atoms with Crippen molar-refractivity contribution in [2.45, 2.75) is 45.6 Å². The average molecular weight is 215 g/mol. The standard InChI is InChI=1S/C12H25NO2/c1-11(2,10-14)9-13-7-4-5-12(3,15)6-8-13/h14-15H,4-10H2,1-3H3. The third kappa shape index (κ3) is 4.49. The highest BCUT2D eigenvalue weighted by Crippen LogP contribution is 2.24. The van der Waals surface area contributed by atoms with E-state index in [0.717, 1.165) is 38.9 Å². The highest BCUT2D eigenvalue weighted by Gasteiger charge is 2.27. The maximum absolute atomic E-state index is 9.95. The lowest BCUT2D eigenvalue weighted by Gasteiger charge is -2.30. The van der Waals surface area contributed by atoms with Gasteiger partial charge >= 0.3 is 0 Å². The van der Waals surface area contributed by atoms with Crippen LogP contribution >= 0.6 is 0 Å². The van der Waals surface area contributed by atoms with E-state index in [-0.39, 0.29) is 12.0 Å². The van der Waals surface area contributed by atoms with Gasteiger partial charge in [-0.15, -0.1) is 0 Å². The molecule has 0 radical (unpaired) electrons. The van der Waals surface area contributed by atoms with Gasteiger partial charge in [-0.05, 0) is 32.7 Å². The molecule has 3 heteroatoms. The van der Waals surface area contributed by atoms with Gasteiger partial charge < -0.3 is 15.1 Å². The minimum atomic E-state index is -0.488. The van der Waals surface area contributed by atoms with E-state index in [1.54, 1.807) is 0 Å². The summed E-state index contributed by atoms with van der Waals surface area (Å²) in [6, 6.07) is 0. The third-order valence-electron chi connectivity index (χ3n) is 3.24. The zero-order valence-corrected chi connectivity index (χ0v) is 10.3. The molecule has 0 saturated carbocycles. The fraction of sp³-hybridized carbons (Fsp3) is 1.00. The monoisotopic (exact) mass is 215 g/mol. The van der Waals surface area contributed by atoms with Crippen molar-refractivity contribution in [1.29, 1.82) is 0 Å². The van der Waals surface area contributed by atoms with Crippen molar-refractivity contribution in [1.82, 2.24) is 4.90 Å². The van der Waals surface area contributed by atoms with Crippen LogP contribution in [0.3, 0.4) is 0 Å². The fourth-order valence-corrected chi connectivity index (χ4v) is 2.13. The minimum Gasteiger partial charge on any atom is -0.396 e. The number of hydrogen-bond donors (Lipinski definition) is 2. The summed E-state index contributed by atoms with van der Waals surface area (Å²) < 4.78 is 0. The van der Waals surface area contributed by atoms with Crippen LogP contribution in [0.4, 0.5) is 0 Å². The van der Waals surface area contributed by atoms with Gasteiger partial charge in [0.25, 0.3) is 0 Å². The van der Waals surface area contributed by atoms with E-state index >= 15 is 0 Å². The second kappa shape index (κ2) is 4.81. The molecular weight excluding hydrogens is 190 g/mol. The predicted molar refractivity (Wildman–Crippen MR) is 61.8 cm³/mol. The van der Waals surface area contributed by atoms with Crippen LogP contribution in [-0.4, -0.2) is 47.0 Å². The molecule has 1 rings (SSSR count). The molecule has 0 bridgehead atoms. The van der Waals surface area contributed by atoms with Crippen LogP contribution in [-0.2, 0) is 0 Å².